The van der Waals surface area contributed by atoms with Crippen molar-refractivity contribution in [3.05, 3.63) is 27.7 Å². The van der Waals surface area contributed by atoms with Crippen molar-refractivity contribution in [1.29, 1.82) is 0 Å². The minimum atomic E-state index is -0.775. The summed E-state index contributed by atoms with van der Waals surface area (Å²) >= 11 is 3.21. The maximum atomic E-state index is 11.2. The molecule has 1 saturated carbocycles. The van der Waals surface area contributed by atoms with E-state index < -0.39 is 11.4 Å². The van der Waals surface area contributed by atoms with Gasteiger partial charge in [0.25, 0.3) is 0 Å². The van der Waals surface area contributed by atoms with E-state index in [-0.39, 0.29) is 5.75 Å². The highest BCUT2D eigenvalue weighted by atomic mass is 79.9. The van der Waals surface area contributed by atoms with Gasteiger partial charge in [0.2, 0.25) is 0 Å². The number of hydrogen-bond acceptors (Lipinski definition) is 2. The number of aliphatic carboxylic acids is 1. The van der Waals surface area contributed by atoms with Crippen LogP contribution in [0.5, 0.6) is 5.75 Å². The fourth-order valence-electron chi connectivity index (χ4n) is 1.91. The molecular weight excluding hydrogens is 260 g/mol. The molecule has 0 unspecified atom stereocenters. The monoisotopic (exact) mass is 270 g/mol. The Balaban J connectivity index is 2.54. The number of phenols is 1. The number of carboxylic acid groups (broad SMARTS) is 1. The van der Waals surface area contributed by atoms with Crippen LogP contribution in [0.1, 0.15) is 24.0 Å². The SMILES string of the molecule is Cc1cc(O)c(Br)cc1C1(C(=O)O)CC1. The molecule has 1 aliphatic rings. The summed E-state index contributed by atoms with van der Waals surface area (Å²) in [6, 6.07) is 3.31. The minimum Gasteiger partial charge on any atom is -0.507 e. The van der Waals surface area contributed by atoms with Gasteiger partial charge in [0.1, 0.15) is 5.75 Å². The van der Waals surface area contributed by atoms with Gasteiger partial charge in [0.05, 0.1) is 9.89 Å². The van der Waals surface area contributed by atoms with Gasteiger partial charge >= 0.3 is 5.97 Å². The summed E-state index contributed by atoms with van der Waals surface area (Å²) < 4.78 is 0.552. The molecule has 0 bridgehead atoms. The standard InChI is InChI=1S/C11H11BrO3/c1-6-4-9(13)8(12)5-7(6)11(2-3-11)10(14)15/h4-5,13H,2-3H2,1H3,(H,14,15). The Bertz CT molecular complexity index is 436. The molecule has 0 heterocycles. The first-order valence-electron chi connectivity index (χ1n) is 4.70. The molecule has 0 radical (unpaired) electrons. The minimum absolute atomic E-state index is 0.150. The second-order valence-electron chi connectivity index (χ2n) is 4.01. The van der Waals surface area contributed by atoms with Crippen molar-refractivity contribution in [2.45, 2.75) is 25.2 Å². The van der Waals surface area contributed by atoms with Crippen molar-refractivity contribution in [2.24, 2.45) is 0 Å². The Hall–Kier alpha value is -1.03. The van der Waals surface area contributed by atoms with Gasteiger partial charge in [-0.25, -0.2) is 0 Å². The van der Waals surface area contributed by atoms with Crippen LogP contribution < -0.4 is 0 Å². The summed E-state index contributed by atoms with van der Waals surface area (Å²) in [5.41, 5.74) is 0.926. The van der Waals surface area contributed by atoms with E-state index in [0.29, 0.717) is 17.3 Å². The Kier molecular flexibility index (Phi) is 2.26. The Labute approximate surface area is 95.9 Å². The smallest absolute Gasteiger partial charge is 0.314 e. The van der Waals surface area contributed by atoms with Gasteiger partial charge in [-0.15, -0.1) is 0 Å². The maximum absolute atomic E-state index is 11.2. The van der Waals surface area contributed by atoms with Crippen molar-refractivity contribution in [2.75, 3.05) is 0 Å². The number of aromatic hydroxyl groups is 1. The van der Waals surface area contributed by atoms with Crippen molar-refractivity contribution < 1.29 is 15.0 Å². The summed E-state index contributed by atoms with van der Waals surface area (Å²) in [5, 5.41) is 18.6. The van der Waals surface area contributed by atoms with Crippen LogP contribution in [0.4, 0.5) is 0 Å². The normalized spacial score (nSPS) is 17.5. The average molecular weight is 271 g/mol. The van der Waals surface area contributed by atoms with E-state index in [1.807, 2.05) is 6.92 Å². The van der Waals surface area contributed by atoms with Gasteiger partial charge in [0.15, 0.2) is 0 Å². The molecule has 0 atom stereocenters. The molecule has 0 amide bonds. The molecule has 1 fully saturated rings. The lowest BCUT2D eigenvalue weighted by Gasteiger charge is -2.14. The van der Waals surface area contributed by atoms with Crippen LogP contribution in [0.15, 0.2) is 16.6 Å². The molecule has 80 valence electrons. The first-order valence-corrected chi connectivity index (χ1v) is 5.50. The number of carbonyl (C=O) groups is 1. The lowest BCUT2D eigenvalue weighted by Crippen LogP contribution is -2.20. The Morgan fingerprint density at radius 3 is 2.53 bits per heavy atom. The number of aryl methyl sites for hydroxylation is 1. The van der Waals surface area contributed by atoms with Gasteiger partial charge in [-0.05, 0) is 59.0 Å². The van der Waals surface area contributed by atoms with Gasteiger partial charge in [-0.3, -0.25) is 4.79 Å². The third-order valence-electron chi connectivity index (χ3n) is 2.97. The molecular formula is C11H11BrO3. The van der Waals surface area contributed by atoms with E-state index >= 15 is 0 Å². The predicted molar refractivity (Wildman–Crippen MR) is 59.1 cm³/mol. The molecule has 0 aromatic heterocycles. The highest BCUT2D eigenvalue weighted by molar-refractivity contribution is 9.10. The molecule has 1 aromatic rings. The van der Waals surface area contributed by atoms with Crippen LogP contribution in [0.3, 0.4) is 0 Å². The zero-order valence-electron chi connectivity index (χ0n) is 8.25. The number of rotatable bonds is 2. The number of carboxylic acids is 1. The van der Waals surface area contributed by atoms with Crippen LogP contribution in [-0.2, 0) is 10.2 Å². The highest BCUT2D eigenvalue weighted by Gasteiger charge is 2.52. The van der Waals surface area contributed by atoms with Crippen LogP contribution in [0.25, 0.3) is 0 Å². The van der Waals surface area contributed by atoms with Crippen LogP contribution in [-0.4, -0.2) is 16.2 Å². The van der Waals surface area contributed by atoms with E-state index in [1.165, 1.54) is 0 Å². The molecule has 2 N–H and O–H groups in total. The molecule has 0 saturated heterocycles. The van der Waals surface area contributed by atoms with Gasteiger partial charge in [-0.1, -0.05) is 0 Å². The highest BCUT2D eigenvalue weighted by Crippen LogP contribution is 2.50. The van der Waals surface area contributed by atoms with E-state index in [0.717, 1.165) is 11.1 Å². The second-order valence-corrected chi connectivity index (χ2v) is 4.86. The molecule has 3 nitrogen and oxygen atoms in total. The van der Waals surface area contributed by atoms with E-state index in [4.69, 9.17) is 5.11 Å². The van der Waals surface area contributed by atoms with Crippen molar-refractivity contribution in [1.82, 2.24) is 0 Å². The molecule has 1 aromatic carbocycles. The fraction of sp³-hybridized carbons (Fsp3) is 0.364. The summed E-state index contributed by atoms with van der Waals surface area (Å²) in [6.45, 7) is 1.82. The molecule has 0 aliphatic heterocycles. The van der Waals surface area contributed by atoms with Crippen molar-refractivity contribution in [3.8, 4) is 5.75 Å². The third-order valence-corrected chi connectivity index (χ3v) is 3.60. The molecule has 1 aliphatic carbocycles. The quantitative estimate of drug-likeness (QED) is 0.869. The molecule has 0 spiro atoms. The van der Waals surface area contributed by atoms with Gasteiger partial charge in [-0.2, -0.15) is 0 Å². The fourth-order valence-corrected chi connectivity index (χ4v) is 2.25. The zero-order valence-corrected chi connectivity index (χ0v) is 9.84. The Morgan fingerprint density at radius 2 is 2.07 bits per heavy atom. The summed E-state index contributed by atoms with van der Waals surface area (Å²) in [6.07, 6.45) is 1.36. The summed E-state index contributed by atoms with van der Waals surface area (Å²) in [7, 11) is 0. The number of benzene rings is 1. The summed E-state index contributed by atoms with van der Waals surface area (Å²) in [5.74, 6) is -0.624. The largest absolute Gasteiger partial charge is 0.507 e. The zero-order chi connectivity index (χ0) is 11.2. The van der Waals surface area contributed by atoms with E-state index in [1.54, 1.807) is 12.1 Å². The average Bonchev–Trinajstić information content (AvgIpc) is 2.92. The van der Waals surface area contributed by atoms with Crippen LogP contribution in [0, 0.1) is 6.92 Å². The molecule has 15 heavy (non-hydrogen) atoms. The molecule has 2 rings (SSSR count). The van der Waals surface area contributed by atoms with Crippen molar-refractivity contribution in [3.63, 3.8) is 0 Å². The van der Waals surface area contributed by atoms with E-state index in [2.05, 4.69) is 15.9 Å². The summed E-state index contributed by atoms with van der Waals surface area (Å²) in [4.78, 5) is 11.2. The van der Waals surface area contributed by atoms with Gasteiger partial charge < -0.3 is 10.2 Å². The topological polar surface area (TPSA) is 57.5 Å². The second kappa shape index (κ2) is 3.23. The van der Waals surface area contributed by atoms with Crippen molar-refractivity contribution >= 4 is 21.9 Å². The van der Waals surface area contributed by atoms with E-state index in [9.17, 15) is 9.90 Å². The lowest BCUT2D eigenvalue weighted by molar-refractivity contribution is -0.140. The van der Waals surface area contributed by atoms with Crippen LogP contribution >= 0.6 is 15.9 Å². The Morgan fingerprint density at radius 1 is 1.47 bits per heavy atom. The number of hydrogen-bond donors (Lipinski definition) is 2. The van der Waals surface area contributed by atoms with Gasteiger partial charge in [0, 0.05) is 0 Å². The number of phenolic OH excluding ortho intramolecular Hbond substituents is 1. The third kappa shape index (κ3) is 1.53. The first-order chi connectivity index (χ1) is 6.97. The lowest BCUT2D eigenvalue weighted by atomic mass is 9.92. The molecule has 4 heteroatoms. The first kappa shape index (κ1) is 10.5. The predicted octanol–water partition coefficient (Wildman–Crippen LogP) is 2.58. The van der Waals surface area contributed by atoms with Crippen LogP contribution in [0.2, 0.25) is 0 Å². The number of halogens is 1. The maximum Gasteiger partial charge on any atom is 0.314 e.